The number of benzene rings is 1. The molecule has 1 atom stereocenters. The van der Waals surface area contributed by atoms with Crippen molar-refractivity contribution < 1.29 is 14.6 Å². The molecule has 0 heterocycles. The molecule has 0 spiro atoms. The number of unbranched alkanes of at least 4 members (excludes halogenated alkanes) is 1. The number of carboxylic acids is 1. The normalized spacial score (nSPS) is 11.9. The SMILES string of the molecule is CCCCOc1ccc(C[C@@H](CC#N)N(C)CC(=O)O)cc1. The highest BCUT2D eigenvalue weighted by molar-refractivity contribution is 5.69. The summed E-state index contributed by atoms with van der Waals surface area (Å²) in [6, 6.07) is 9.81. The van der Waals surface area contributed by atoms with Crippen LogP contribution in [0.5, 0.6) is 5.75 Å². The van der Waals surface area contributed by atoms with Crippen LogP contribution in [-0.2, 0) is 11.2 Å². The van der Waals surface area contributed by atoms with Gasteiger partial charge in [-0.3, -0.25) is 9.69 Å². The van der Waals surface area contributed by atoms with E-state index in [9.17, 15) is 4.79 Å². The molecular formula is C17H24N2O3. The highest BCUT2D eigenvalue weighted by atomic mass is 16.5. The lowest BCUT2D eigenvalue weighted by atomic mass is 10.0. The molecule has 1 rings (SSSR count). The molecule has 1 N–H and O–H groups in total. The highest BCUT2D eigenvalue weighted by Gasteiger charge is 2.17. The van der Waals surface area contributed by atoms with Gasteiger partial charge in [0.1, 0.15) is 5.75 Å². The van der Waals surface area contributed by atoms with Gasteiger partial charge in [0.2, 0.25) is 0 Å². The number of nitrogens with zero attached hydrogens (tertiary/aromatic N) is 2. The molecule has 1 aromatic carbocycles. The number of ether oxygens (including phenoxy) is 1. The minimum absolute atomic E-state index is 0.0649. The van der Waals surface area contributed by atoms with Gasteiger partial charge in [-0.2, -0.15) is 5.26 Å². The molecule has 0 bridgehead atoms. The molecule has 0 aliphatic rings. The number of aliphatic carboxylic acids is 1. The second kappa shape index (κ2) is 9.80. The van der Waals surface area contributed by atoms with Crippen molar-refractivity contribution in [2.75, 3.05) is 20.2 Å². The third-order valence-corrected chi connectivity index (χ3v) is 3.50. The van der Waals surface area contributed by atoms with E-state index in [1.807, 2.05) is 24.3 Å². The molecule has 0 amide bonds. The quantitative estimate of drug-likeness (QED) is 0.673. The predicted octanol–water partition coefficient (Wildman–Crippen LogP) is 2.71. The standard InChI is InChI=1S/C17H24N2O3/c1-3-4-11-22-16-7-5-14(6-8-16)12-15(9-10-18)19(2)13-17(20)21/h5-8,15H,3-4,9,11-13H2,1-2H3,(H,20,21)/t15-/m1/s1. The lowest BCUT2D eigenvalue weighted by molar-refractivity contribution is -0.138. The van der Waals surface area contributed by atoms with Crippen molar-refractivity contribution >= 4 is 5.97 Å². The monoisotopic (exact) mass is 304 g/mol. The van der Waals surface area contributed by atoms with Gasteiger partial charge in [-0.25, -0.2) is 0 Å². The van der Waals surface area contributed by atoms with E-state index < -0.39 is 5.97 Å². The van der Waals surface area contributed by atoms with E-state index in [4.69, 9.17) is 15.1 Å². The fourth-order valence-corrected chi connectivity index (χ4v) is 2.16. The second-order valence-corrected chi connectivity index (χ2v) is 5.38. The van der Waals surface area contributed by atoms with Crippen molar-refractivity contribution in [3.8, 4) is 11.8 Å². The number of likely N-dealkylation sites (N-methyl/N-ethyl adjacent to an activating group) is 1. The van der Waals surface area contributed by atoms with Crippen LogP contribution in [0.4, 0.5) is 0 Å². The first-order valence-electron chi connectivity index (χ1n) is 7.57. The van der Waals surface area contributed by atoms with Crippen LogP contribution in [0.3, 0.4) is 0 Å². The Morgan fingerprint density at radius 1 is 1.41 bits per heavy atom. The first-order chi connectivity index (χ1) is 10.6. The Bertz CT molecular complexity index is 494. The molecule has 0 unspecified atom stereocenters. The maximum Gasteiger partial charge on any atom is 0.317 e. The first-order valence-corrected chi connectivity index (χ1v) is 7.57. The van der Waals surface area contributed by atoms with Crippen LogP contribution < -0.4 is 4.74 Å². The molecule has 0 radical (unpaired) electrons. The summed E-state index contributed by atoms with van der Waals surface area (Å²) >= 11 is 0. The Labute approximate surface area is 132 Å². The van der Waals surface area contributed by atoms with Crippen molar-refractivity contribution in [1.82, 2.24) is 4.90 Å². The average molecular weight is 304 g/mol. The van der Waals surface area contributed by atoms with Gasteiger partial charge in [-0.05, 0) is 37.6 Å². The second-order valence-electron chi connectivity index (χ2n) is 5.38. The smallest absolute Gasteiger partial charge is 0.317 e. The van der Waals surface area contributed by atoms with Gasteiger partial charge in [-0.1, -0.05) is 25.5 Å². The van der Waals surface area contributed by atoms with E-state index in [2.05, 4.69) is 13.0 Å². The largest absolute Gasteiger partial charge is 0.494 e. The van der Waals surface area contributed by atoms with E-state index in [-0.39, 0.29) is 12.6 Å². The molecule has 120 valence electrons. The maximum atomic E-state index is 10.8. The van der Waals surface area contributed by atoms with Crippen molar-refractivity contribution in [3.63, 3.8) is 0 Å². The van der Waals surface area contributed by atoms with Gasteiger partial charge in [0.25, 0.3) is 0 Å². The third kappa shape index (κ3) is 6.59. The molecule has 0 saturated carbocycles. The number of hydrogen-bond acceptors (Lipinski definition) is 4. The van der Waals surface area contributed by atoms with Gasteiger partial charge < -0.3 is 9.84 Å². The van der Waals surface area contributed by atoms with Crippen LogP contribution in [-0.4, -0.2) is 42.2 Å². The summed E-state index contributed by atoms with van der Waals surface area (Å²) in [5.74, 6) is -0.0435. The fraction of sp³-hybridized carbons (Fsp3) is 0.529. The average Bonchev–Trinajstić information content (AvgIpc) is 2.48. The number of rotatable bonds is 10. The van der Waals surface area contributed by atoms with E-state index in [1.54, 1.807) is 11.9 Å². The minimum atomic E-state index is -0.884. The van der Waals surface area contributed by atoms with E-state index in [0.717, 1.165) is 24.2 Å². The zero-order valence-electron chi connectivity index (χ0n) is 13.3. The van der Waals surface area contributed by atoms with Crippen LogP contribution in [0.2, 0.25) is 0 Å². The highest BCUT2D eigenvalue weighted by Crippen LogP contribution is 2.16. The van der Waals surface area contributed by atoms with Crippen LogP contribution in [0.1, 0.15) is 31.7 Å². The summed E-state index contributed by atoms with van der Waals surface area (Å²) in [5.41, 5.74) is 1.07. The van der Waals surface area contributed by atoms with Crippen molar-refractivity contribution in [2.24, 2.45) is 0 Å². The summed E-state index contributed by atoms with van der Waals surface area (Å²) in [4.78, 5) is 12.5. The number of carbonyl (C=O) groups is 1. The molecular weight excluding hydrogens is 280 g/mol. The van der Waals surface area contributed by atoms with Gasteiger partial charge in [-0.15, -0.1) is 0 Å². The van der Waals surface area contributed by atoms with Crippen molar-refractivity contribution in [1.29, 1.82) is 5.26 Å². The van der Waals surface area contributed by atoms with Gasteiger partial charge in [0, 0.05) is 6.04 Å². The van der Waals surface area contributed by atoms with Crippen LogP contribution in [0.25, 0.3) is 0 Å². The topological polar surface area (TPSA) is 73.6 Å². The number of nitriles is 1. The zero-order valence-corrected chi connectivity index (χ0v) is 13.3. The van der Waals surface area contributed by atoms with E-state index in [0.29, 0.717) is 19.4 Å². The first kappa shape index (κ1) is 18.0. The van der Waals surface area contributed by atoms with Crippen molar-refractivity contribution in [3.05, 3.63) is 29.8 Å². The molecule has 0 aliphatic carbocycles. The van der Waals surface area contributed by atoms with Gasteiger partial charge in [0.05, 0.1) is 25.6 Å². The Hall–Kier alpha value is -2.06. The van der Waals surface area contributed by atoms with Gasteiger partial charge >= 0.3 is 5.97 Å². The Morgan fingerprint density at radius 3 is 2.64 bits per heavy atom. The molecule has 0 aromatic heterocycles. The van der Waals surface area contributed by atoms with E-state index in [1.165, 1.54) is 0 Å². The summed E-state index contributed by atoms with van der Waals surface area (Å²) in [7, 11) is 1.73. The Balaban J connectivity index is 2.61. The molecule has 5 heteroatoms. The molecule has 0 saturated heterocycles. The molecule has 1 aromatic rings. The Kier molecular flexibility index (Phi) is 8.01. The molecule has 0 aliphatic heterocycles. The third-order valence-electron chi connectivity index (χ3n) is 3.50. The van der Waals surface area contributed by atoms with Crippen LogP contribution in [0.15, 0.2) is 24.3 Å². The number of carboxylic acid groups (broad SMARTS) is 1. The predicted molar refractivity (Wildman–Crippen MR) is 84.8 cm³/mol. The molecule has 0 fully saturated rings. The molecule has 5 nitrogen and oxygen atoms in total. The van der Waals surface area contributed by atoms with E-state index >= 15 is 0 Å². The lowest BCUT2D eigenvalue weighted by Crippen LogP contribution is -2.37. The summed E-state index contributed by atoms with van der Waals surface area (Å²) in [6.45, 7) is 2.77. The summed E-state index contributed by atoms with van der Waals surface area (Å²) in [6.07, 6.45) is 3.08. The summed E-state index contributed by atoms with van der Waals surface area (Å²) in [5, 5.41) is 17.8. The number of hydrogen-bond donors (Lipinski definition) is 1. The summed E-state index contributed by atoms with van der Waals surface area (Å²) < 4.78 is 5.61. The Morgan fingerprint density at radius 2 is 2.09 bits per heavy atom. The van der Waals surface area contributed by atoms with Crippen LogP contribution >= 0.6 is 0 Å². The maximum absolute atomic E-state index is 10.8. The lowest BCUT2D eigenvalue weighted by Gasteiger charge is -2.24. The minimum Gasteiger partial charge on any atom is -0.494 e. The fourth-order valence-electron chi connectivity index (χ4n) is 2.16. The van der Waals surface area contributed by atoms with Crippen LogP contribution in [0, 0.1) is 11.3 Å². The molecule has 22 heavy (non-hydrogen) atoms. The van der Waals surface area contributed by atoms with Gasteiger partial charge in [0.15, 0.2) is 0 Å². The zero-order chi connectivity index (χ0) is 16.4. The van der Waals surface area contributed by atoms with Crippen molar-refractivity contribution in [2.45, 2.75) is 38.6 Å².